The number of H-pyrrole nitrogens is 1. The summed E-state index contributed by atoms with van der Waals surface area (Å²) in [6, 6.07) is 14.9. The highest BCUT2D eigenvalue weighted by molar-refractivity contribution is 5.83. The largest absolute Gasteiger partial charge is 0.492 e. The van der Waals surface area contributed by atoms with E-state index in [0.717, 1.165) is 51.4 Å². The van der Waals surface area contributed by atoms with Crippen LogP contribution in [0.5, 0.6) is 5.75 Å². The zero-order valence-electron chi connectivity index (χ0n) is 18.1. The van der Waals surface area contributed by atoms with Crippen LogP contribution >= 0.6 is 0 Å². The number of nitrogens with one attached hydrogen (secondary N) is 2. The lowest BCUT2D eigenvalue weighted by Crippen LogP contribution is -2.54. The molecule has 1 unspecified atom stereocenters. The van der Waals surface area contributed by atoms with Crippen molar-refractivity contribution in [1.29, 1.82) is 0 Å². The van der Waals surface area contributed by atoms with Crippen LogP contribution in [0.25, 0.3) is 10.9 Å². The normalized spacial score (nSPS) is 20.2. The highest BCUT2D eigenvalue weighted by atomic mass is 16.5. The number of ether oxygens (including phenoxy) is 1. The van der Waals surface area contributed by atoms with E-state index in [1.54, 1.807) is 0 Å². The Kier molecular flexibility index (Phi) is 5.66. The number of hydrogen-bond acceptors (Lipinski definition) is 4. The van der Waals surface area contributed by atoms with Gasteiger partial charge in [0.1, 0.15) is 12.4 Å². The third kappa shape index (κ3) is 4.18. The van der Waals surface area contributed by atoms with Gasteiger partial charge in [0.25, 0.3) is 0 Å². The van der Waals surface area contributed by atoms with Crippen molar-refractivity contribution >= 4 is 16.8 Å². The Morgan fingerprint density at radius 3 is 2.94 bits per heavy atom. The SMILES string of the molecule is CCC1C(=O)NCCN1Cc1ccc2c(c1)CN(Cc1c[nH]c3ccccc13)CCO2. The van der Waals surface area contributed by atoms with Gasteiger partial charge in [-0.25, -0.2) is 0 Å². The van der Waals surface area contributed by atoms with Crippen molar-refractivity contribution < 1.29 is 9.53 Å². The number of rotatable bonds is 5. The number of hydrogen-bond donors (Lipinski definition) is 2. The number of para-hydroxylation sites is 1. The fourth-order valence-corrected chi connectivity index (χ4v) is 4.87. The molecular formula is C25H30N4O2. The molecule has 0 bridgehead atoms. The van der Waals surface area contributed by atoms with Crippen LogP contribution in [0.4, 0.5) is 0 Å². The van der Waals surface area contributed by atoms with E-state index in [4.69, 9.17) is 4.74 Å². The predicted octanol–water partition coefficient (Wildman–Crippen LogP) is 3.27. The summed E-state index contributed by atoms with van der Waals surface area (Å²) < 4.78 is 6.06. The molecule has 1 fully saturated rings. The molecule has 3 heterocycles. The molecule has 5 rings (SSSR count). The molecule has 0 spiro atoms. The van der Waals surface area contributed by atoms with E-state index in [2.05, 4.69) is 75.7 Å². The van der Waals surface area contributed by atoms with E-state index >= 15 is 0 Å². The minimum absolute atomic E-state index is 0.0396. The monoisotopic (exact) mass is 418 g/mol. The van der Waals surface area contributed by atoms with E-state index in [1.807, 2.05) is 0 Å². The van der Waals surface area contributed by atoms with Gasteiger partial charge in [0, 0.05) is 61.9 Å². The van der Waals surface area contributed by atoms with Crippen molar-refractivity contribution in [2.75, 3.05) is 26.2 Å². The lowest BCUT2D eigenvalue weighted by Gasteiger charge is -2.34. The predicted molar refractivity (Wildman–Crippen MR) is 122 cm³/mol. The maximum absolute atomic E-state index is 12.2. The molecule has 0 radical (unpaired) electrons. The van der Waals surface area contributed by atoms with E-state index < -0.39 is 0 Å². The molecular weight excluding hydrogens is 388 g/mol. The molecule has 162 valence electrons. The van der Waals surface area contributed by atoms with Gasteiger partial charge >= 0.3 is 0 Å². The van der Waals surface area contributed by atoms with E-state index in [0.29, 0.717) is 6.61 Å². The van der Waals surface area contributed by atoms with Gasteiger partial charge in [-0.1, -0.05) is 31.2 Å². The number of aromatic amines is 1. The molecule has 6 heteroatoms. The van der Waals surface area contributed by atoms with Crippen molar-refractivity contribution in [2.45, 2.75) is 39.0 Å². The smallest absolute Gasteiger partial charge is 0.237 e. The van der Waals surface area contributed by atoms with Gasteiger partial charge in [-0.15, -0.1) is 0 Å². The zero-order valence-corrected chi connectivity index (χ0v) is 18.1. The van der Waals surface area contributed by atoms with E-state index in [-0.39, 0.29) is 11.9 Å². The number of benzene rings is 2. The van der Waals surface area contributed by atoms with Crippen LogP contribution in [0.15, 0.2) is 48.7 Å². The number of fused-ring (bicyclic) bond motifs is 2. The zero-order chi connectivity index (χ0) is 21.2. The molecule has 31 heavy (non-hydrogen) atoms. The quantitative estimate of drug-likeness (QED) is 0.668. The molecule has 0 saturated carbocycles. The molecule has 2 N–H and O–H groups in total. The second kappa shape index (κ2) is 8.73. The summed E-state index contributed by atoms with van der Waals surface area (Å²) in [7, 11) is 0. The third-order valence-corrected chi connectivity index (χ3v) is 6.47. The van der Waals surface area contributed by atoms with Gasteiger partial charge in [-0.3, -0.25) is 14.6 Å². The summed E-state index contributed by atoms with van der Waals surface area (Å²) in [6.45, 7) is 7.83. The molecule has 1 saturated heterocycles. The number of aromatic nitrogens is 1. The van der Waals surface area contributed by atoms with Crippen molar-refractivity contribution in [3.8, 4) is 5.75 Å². The minimum Gasteiger partial charge on any atom is -0.492 e. The summed E-state index contributed by atoms with van der Waals surface area (Å²) in [5.41, 5.74) is 4.97. The van der Waals surface area contributed by atoms with Crippen LogP contribution in [-0.2, 0) is 24.4 Å². The van der Waals surface area contributed by atoms with Crippen molar-refractivity contribution in [1.82, 2.24) is 20.1 Å². The molecule has 0 aliphatic carbocycles. The van der Waals surface area contributed by atoms with Gasteiger partial charge in [-0.05, 0) is 35.7 Å². The summed E-state index contributed by atoms with van der Waals surface area (Å²) >= 11 is 0. The van der Waals surface area contributed by atoms with Crippen LogP contribution in [-0.4, -0.2) is 53.0 Å². The molecule has 2 aromatic carbocycles. The Balaban J connectivity index is 1.33. The molecule has 2 aliphatic heterocycles. The highest BCUT2D eigenvalue weighted by Crippen LogP contribution is 2.27. The average molecular weight is 419 g/mol. The minimum atomic E-state index is -0.0396. The number of carbonyl (C=O) groups excluding carboxylic acids is 1. The Hall–Kier alpha value is -2.83. The first-order valence-electron chi connectivity index (χ1n) is 11.2. The van der Waals surface area contributed by atoms with Gasteiger partial charge in [0.15, 0.2) is 0 Å². The summed E-state index contributed by atoms with van der Waals surface area (Å²) in [4.78, 5) is 20.3. The second-order valence-electron chi connectivity index (χ2n) is 8.55. The van der Waals surface area contributed by atoms with Crippen LogP contribution in [0.2, 0.25) is 0 Å². The van der Waals surface area contributed by atoms with E-state index in [9.17, 15) is 4.79 Å². The molecule has 2 aliphatic rings. The molecule has 1 atom stereocenters. The van der Waals surface area contributed by atoms with Crippen molar-refractivity contribution in [2.24, 2.45) is 0 Å². The Morgan fingerprint density at radius 2 is 2.03 bits per heavy atom. The molecule has 1 aromatic heterocycles. The first-order valence-corrected chi connectivity index (χ1v) is 11.2. The lowest BCUT2D eigenvalue weighted by atomic mass is 10.1. The maximum atomic E-state index is 12.2. The topological polar surface area (TPSA) is 60.6 Å². The summed E-state index contributed by atoms with van der Waals surface area (Å²) in [5, 5.41) is 4.27. The van der Waals surface area contributed by atoms with Gasteiger partial charge in [-0.2, -0.15) is 0 Å². The first kappa shape index (κ1) is 20.1. The first-order chi connectivity index (χ1) is 15.2. The van der Waals surface area contributed by atoms with Crippen LogP contribution in [0.1, 0.15) is 30.0 Å². The molecule has 3 aromatic rings. The van der Waals surface area contributed by atoms with Crippen molar-refractivity contribution in [3.05, 3.63) is 65.4 Å². The van der Waals surface area contributed by atoms with Crippen LogP contribution < -0.4 is 10.1 Å². The standard InChI is InChI=1S/C25H30N4O2/c1-2-23-25(30)26-9-10-29(23)15-18-7-8-24-19(13-18)16-28(11-12-31-24)17-20-14-27-22-6-4-3-5-21(20)22/h3-8,13-14,23,27H,2,9-12,15-17H2,1H3,(H,26,30). The second-order valence-corrected chi connectivity index (χ2v) is 8.55. The fraction of sp³-hybridized carbons (Fsp3) is 0.400. The van der Waals surface area contributed by atoms with Crippen LogP contribution in [0.3, 0.4) is 0 Å². The Labute approximate surface area is 183 Å². The van der Waals surface area contributed by atoms with E-state index in [1.165, 1.54) is 27.6 Å². The summed E-state index contributed by atoms with van der Waals surface area (Å²) in [6.07, 6.45) is 2.96. The maximum Gasteiger partial charge on any atom is 0.237 e. The van der Waals surface area contributed by atoms with Gasteiger partial charge in [0.05, 0.1) is 6.04 Å². The van der Waals surface area contributed by atoms with Gasteiger partial charge in [0.2, 0.25) is 5.91 Å². The van der Waals surface area contributed by atoms with Crippen LogP contribution in [0, 0.1) is 0 Å². The molecule has 6 nitrogen and oxygen atoms in total. The van der Waals surface area contributed by atoms with Crippen molar-refractivity contribution in [3.63, 3.8) is 0 Å². The average Bonchev–Trinajstić information content (AvgIpc) is 3.06. The number of piperazine rings is 1. The fourth-order valence-electron chi connectivity index (χ4n) is 4.87. The summed E-state index contributed by atoms with van der Waals surface area (Å²) in [5.74, 6) is 1.13. The number of amides is 1. The number of nitrogens with zero attached hydrogens (tertiary/aromatic N) is 2. The van der Waals surface area contributed by atoms with Gasteiger partial charge < -0.3 is 15.0 Å². The Morgan fingerprint density at radius 1 is 1.13 bits per heavy atom. The highest BCUT2D eigenvalue weighted by Gasteiger charge is 2.28. The number of carbonyl (C=O) groups is 1. The Bertz CT molecular complexity index is 1080. The third-order valence-electron chi connectivity index (χ3n) is 6.47. The molecule has 1 amide bonds. The lowest BCUT2D eigenvalue weighted by molar-refractivity contribution is -0.129.